The fraction of sp³-hybridized carbons (Fsp3) is 0.833. The summed E-state index contributed by atoms with van der Waals surface area (Å²) >= 11 is 0. The Morgan fingerprint density at radius 2 is 1.67 bits per heavy atom. The van der Waals surface area contributed by atoms with Crippen LogP contribution in [0, 0.1) is 5.41 Å². The second-order valence-electron chi connectivity index (χ2n) is 5.10. The quantitative estimate of drug-likeness (QED) is 0.661. The minimum Gasteiger partial charge on any atom is -0.381 e. The molecule has 0 aromatic heterocycles. The zero-order valence-corrected chi connectivity index (χ0v) is 9.21. The molecule has 0 bridgehead atoms. The van der Waals surface area contributed by atoms with Crippen LogP contribution in [0.4, 0.5) is 0 Å². The molecular weight excluding hydrogens is 192 g/mol. The van der Waals surface area contributed by atoms with Crippen molar-refractivity contribution in [2.45, 2.75) is 57.5 Å². The zero-order valence-electron chi connectivity index (χ0n) is 9.21. The summed E-state index contributed by atoms with van der Waals surface area (Å²) in [5.74, 6) is -0.0398. The van der Waals surface area contributed by atoms with Crippen LogP contribution >= 0.6 is 0 Å². The molecule has 0 aliphatic heterocycles. The molecule has 2 aliphatic rings. The number of carbonyl (C=O) groups is 2. The van der Waals surface area contributed by atoms with Gasteiger partial charge in [0.25, 0.3) is 0 Å². The van der Waals surface area contributed by atoms with Crippen LogP contribution in [0.3, 0.4) is 0 Å². The predicted molar refractivity (Wildman–Crippen MR) is 55.4 cm³/mol. The van der Waals surface area contributed by atoms with E-state index in [1.54, 1.807) is 6.92 Å². The van der Waals surface area contributed by atoms with Gasteiger partial charge in [-0.25, -0.2) is 0 Å². The highest BCUT2D eigenvalue weighted by atomic mass is 16.3. The van der Waals surface area contributed by atoms with E-state index in [0.29, 0.717) is 25.7 Å². The van der Waals surface area contributed by atoms with Crippen LogP contribution < -0.4 is 0 Å². The second kappa shape index (κ2) is 3.41. The molecule has 0 saturated heterocycles. The Hall–Kier alpha value is -0.700. The SMILES string of the molecule is C[C@]12CCCC(=O)[C@@]1(O)CCCCC2=O. The van der Waals surface area contributed by atoms with Gasteiger partial charge in [-0.05, 0) is 39.0 Å². The summed E-state index contributed by atoms with van der Waals surface area (Å²) in [6.45, 7) is 1.78. The van der Waals surface area contributed by atoms with Crippen molar-refractivity contribution in [3.05, 3.63) is 0 Å². The number of rotatable bonds is 0. The molecule has 0 unspecified atom stereocenters. The van der Waals surface area contributed by atoms with E-state index in [1.165, 1.54) is 0 Å². The van der Waals surface area contributed by atoms with Crippen molar-refractivity contribution in [2.24, 2.45) is 5.41 Å². The molecule has 2 atom stereocenters. The lowest BCUT2D eigenvalue weighted by atomic mass is 9.60. The normalized spacial score (nSPS) is 42.3. The summed E-state index contributed by atoms with van der Waals surface area (Å²) in [5.41, 5.74) is -2.17. The van der Waals surface area contributed by atoms with Crippen molar-refractivity contribution in [2.75, 3.05) is 0 Å². The number of Topliss-reactive ketones (excluding diaryl/α,β-unsaturated/α-hetero) is 2. The lowest BCUT2D eigenvalue weighted by Crippen LogP contribution is -2.58. The van der Waals surface area contributed by atoms with E-state index in [4.69, 9.17) is 0 Å². The van der Waals surface area contributed by atoms with E-state index in [-0.39, 0.29) is 11.6 Å². The van der Waals surface area contributed by atoms with Crippen LogP contribution in [0.2, 0.25) is 0 Å². The van der Waals surface area contributed by atoms with Crippen molar-refractivity contribution in [3.8, 4) is 0 Å². The van der Waals surface area contributed by atoms with Gasteiger partial charge < -0.3 is 5.11 Å². The molecule has 84 valence electrons. The minimum absolute atomic E-state index is 0.0792. The Morgan fingerprint density at radius 3 is 2.40 bits per heavy atom. The first-order valence-corrected chi connectivity index (χ1v) is 5.80. The Morgan fingerprint density at radius 1 is 1.00 bits per heavy atom. The summed E-state index contributed by atoms with van der Waals surface area (Å²) in [7, 11) is 0. The molecule has 2 rings (SSSR count). The lowest BCUT2D eigenvalue weighted by molar-refractivity contribution is -0.168. The Kier molecular flexibility index (Phi) is 2.45. The van der Waals surface area contributed by atoms with Gasteiger partial charge in [0.05, 0.1) is 5.41 Å². The lowest BCUT2D eigenvalue weighted by Gasteiger charge is -2.45. The van der Waals surface area contributed by atoms with E-state index in [1.807, 2.05) is 0 Å². The van der Waals surface area contributed by atoms with Crippen molar-refractivity contribution >= 4 is 11.6 Å². The van der Waals surface area contributed by atoms with Gasteiger partial charge in [-0.1, -0.05) is 0 Å². The number of fused-ring (bicyclic) bond motifs is 1. The van der Waals surface area contributed by atoms with Gasteiger partial charge in [-0.2, -0.15) is 0 Å². The third-order valence-corrected chi connectivity index (χ3v) is 4.26. The average Bonchev–Trinajstić information content (AvgIpc) is 2.30. The van der Waals surface area contributed by atoms with Crippen molar-refractivity contribution < 1.29 is 14.7 Å². The number of hydrogen-bond donors (Lipinski definition) is 1. The maximum Gasteiger partial charge on any atom is 0.165 e. The fourth-order valence-electron chi connectivity index (χ4n) is 3.05. The summed E-state index contributed by atoms with van der Waals surface area (Å²) in [6, 6.07) is 0. The summed E-state index contributed by atoms with van der Waals surface area (Å²) < 4.78 is 0. The van der Waals surface area contributed by atoms with E-state index in [2.05, 4.69) is 0 Å². The standard InChI is InChI=1S/C12H18O3/c1-11-7-4-6-10(14)12(11,15)8-3-2-5-9(11)13/h15H,2-8H2,1H3/t11-,12+/m1/s1. The highest BCUT2D eigenvalue weighted by Gasteiger charge is 2.57. The van der Waals surface area contributed by atoms with Gasteiger partial charge in [0.15, 0.2) is 5.78 Å². The third-order valence-electron chi connectivity index (χ3n) is 4.26. The first-order valence-electron chi connectivity index (χ1n) is 5.80. The zero-order chi connectivity index (χ0) is 11.1. The highest BCUT2D eigenvalue weighted by molar-refractivity contribution is 5.98. The predicted octanol–water partition coefficient (Wildman–Crippen LogP) is 1.62. The molecule has 0 radical (unpaired) electrons. The molecular formula is C12H18O3. The van der Waals surface area contributed by atoms with Gasteiger partial charge in [-0.15, -0.1) is 0 Å². The maximum absolute atomic E-state index is 12.0. The Balaban J connectivity index is 2.44. The number of aliphatic hydroxyl groups is 1. The van der Waals surface area contributed by atoms with Gasteiger partial charge in [-0.3, -0.25) is 9.59 Å². The van der Waals surface area contributed by atoms with Crippen molar-refractivity contribution in [3.63, 3.8) is 0 Å². The number of carbonyl (C=O) groups excluding carboxylic acids is 2. The molecule has 0 heterocycles. The van der Waals surface area contributed by atoms with Gasteiger partial charge in [0.1, 0.15) is 11.4 Å². The maximum atomic E-state index is 12.0. The molecule has 2 saturated carbocycles. The smallest absolute Gasteiger partial charge is 0.165 e. The van der Waals surface area contributed by atoms with Crippen LogP contribution in [-0.4, -0.2) is 22.3 Å². The summed E-state index contributed by atoms with van der Waals surface area (Å²) in [5, 5.41) is 10.5. The van der Waals surface area contributed by atoms with E-state index in [9.17, 15) is 14.7 Å². The molecule has 0 spiro atoms. The van der Waals surface area contributed by atoms with Gasteiger partial charge in [0, 0.05) is 12.8 Å². The first-order chi connectivity index (χ1) is 7.01. The van der Waals surface area contributed by atoms with Crippen LogP contribution in [0.25, 0.3) is 0 Å². The Labute approximate surface area is 89.9 Å². The first kappa shape index (κ1) is 10.8. The van der Waals surface area contributed by atoms with E-state index >= 15 is 0 Å². The van der Waals surface area contributed by atoms with Crippen molar-refractivity contribution in [1.29, 1.82) is 0 Å². The number of ketones is 2. The molecule has 0 aromatic rings. The highest BCUT2D eigenvalue weighted by Crippen LogP contribution is 2.48. The van der Waals surface area contributed by atoms with E-state index in [0.717, 1.165) is 19.3 Å². The molecule has 1 N–H and O–H groups in total. The summed E-state index contributed by atoms with van der Waals surface area (Å²) in [6.07, 6.45) is 4.41. The van der Waals surface area contributed by atoms with Crippen LogP contribution in [0.15, 0.2) is 0 Å². The average molecular weight is 210 g/mol. The molecule has 0 amide bonds. The minimum atomic E-state index is -1.36. The molecule has 2 aliphatic carbocycles. The van der Waals surface area contributed by atoms with Gasteiger partial charge >= 0.3 is 0 Å². The van der Waals surface area contributed by atoms with Crippen LogP contribution in [0.1, 0.15) is 51.9 Å². The topological polar surface area (TPSA) is 54.4 Å². The van der Waals surface area contributed by atoms with Gasteiger partial charge in [0.2, 0.25) is 0 Å². The van der Waals surface area contributed by atoms with Crippen LogP contribution in [0.5, 0.6) is 0 Å². The fourth-order valence-corrected chi connectivity index (χ4v) is 3.05. The van der Waals surface area contributed by atoms with Crippen molar-refractivity contribution in [1.82, 2.24) is 0 Å². The summed E-state index contributed by atoms with van der Waals surface area (Å²) in [4.78, 5) is 23.9. The Bertz CT molecular complexity index is 308. The second-order valence-corrected chi connectivity index (χ2v) is 5.10. The van der Waals surface area contributed by atoms with E-state index < -0.39 is 11.0 Å². The van der Waals surface area contributed by atoms with Crippen LogP contribution in [-0.2, 0) is 9.59 Å². The molecule has 2 fully saturated rings. The molecule has 3 heteroatoms. The largest absolute Gasteiger partial charge is 0.381 e. The number of hydrogen-bond acceptors (Lipinski definition) is 3. The molecule has 0 aromatic carbocycles. The third kappa shape index (κ3) is 1.36. The monoisotopic (exact) mass is 210 g/mol. The molecule has 15 heavy (non-hydrogen) atoms. The molecule has 3 nitrogen and oxygen atoms in total.